The first-order valence-corrected chi connectivity index (χ1v) is 6.71. The highest BCUT2D eigenvalue weighted by Crippen LogP contribution is 2.31. The summed E-state index contributed by atoms with van der Waals surface area (Å²) in [5, 5.41) is 0. The molecule has 2 aromatic carbocycles. The number of hydrogen-bond acceptors (Lipinski definition) is 3. The number of fused-ring (bicyclic) bond motifs is 1. The number of aldehydes is 1. The average molecular weight is 268 g/mol. The molecule has 0 aromatic heterocycles. The molecule has 20 heavy (non-hydrogen) atoms. The largest absolute Gasteiger partial charge is 0.496 e. The van der Waals surface area contributed by atoms with E-state index in [1.54, 1.807) is 7.11 Å². The van der Waals surface area contributed by atoms with Gasteiger partial charge in [0.25, 0.3) is 0 Å². The number of rotatable bonds is 3. The van der Waals surface area contributed by atoms with Crippen molar-refractivity contribution in [2.45, 2.75) is 12.8 Å². The molecule has 0 radical (unpaired) electrons. The Hall–Kier alpha value is -2.29. The van der Waals surface area contributed by atoms with E-state index in [9.17, 15) is 4.79 Å². The van der Waals surface area contributed by atoms with Crippen LogP contribution in [-0.2, 0) is 6.42 Å². The Morgan fingerprint density at radius 2 is 1.95 bits per heavy atom. The van der Waals surface area contributed by atoms with E-state index in [1.165, 1.54) is 5.56 Å². The van der Waals surface area contributed by atoms with Crippen molar-refractivity contribution in [3.63, 3.8) is 0 Å². The maximum Gasteiger partial charge on any atom is 0.153 e. The molecule has 0 aliphatic carbocycles. The summed E-state index contributed by atoms with van der Waals surface area (Å²) in [5.74, 6) is 1.58. The molecular formula is C17H16O3. The molecule has 0 saturated carbocycles. The Bertz CT molecular complexity index is 647. The third-order valence-electron chi connectivity index (χ3n) is 3.60. The molecule has 3 rings (SSSR count). The SMILES string of the molecule is COc1ccc(-c2ccc3c(c2)CCCO3)cc1C=O. The van der Waals surface area contributed by atoms with E-state index in [4.69, 9.17) is 9.47 Å². The van der Waals surface area contributed by atoms with Crippen molar-refractivity contribution in [1.82, 2.24) is 0 Å². The van der Waals surface area contributed by atoms with Gasteiger partial charge in [-0.25, -0.2) is 0 Å². The number of carbonyl (C=O) groups excluding carboxylic acids is 1. The zero-order valence-electron chi connectivity index (χ0n) is 11.4. The van der Waals surface area contributed by atoms with E-state index >= 15 is 0 Å². The van der Waals surface area contributed by atoms with E-state index in [0.717, 1.165) is 42.6 Å². The van der Waals surface area contributed by atoms with Gasteiger partial charge in [-0.1, -0.05) is 12.1 Å². The summed E-state index contributed by atoms with van der Waals surface area (Å²) in [5.41, 5.74) is 3.91. The minimum Gasteiger partial charge on any atom is -0.496 e. The van der Waals surface area contributed by atoms with Crippen molar-refractivity contribution < 1.29 is 14.3 Å². The number of hydrogen-bond donors (Lipinski definition) is 0. The molecule has 1 aliphatic rings. The second-order valence-corrected chi connectivity index (χ2v) is 4.85. The topological polar surface area (TPSA) is 35.5 Å². The minimum atomic E-state index is 0.568. The molecule has 0 unspecified atom stereocenters. The van der Waals surface area contributed by atoms with E-state index in [0.29, 0.717) is 11.3 Å². The van der Waals surface area contributed by atoms with Gasteiger partial charge in [-0.15, -0.1) is 0 Å². The second kappa shape index (κ2) is 5.37. The molecular weight excluding hydrogens is 252 g/mol. The molecule has 102 valence electrons. The van der Waals surface area contributed by atoms with Crippen molar-refractivity contribution >= 4 is 6.29 Å². The van der Waals surface area contributed by atoms with Gasteiger partial charge in [-0.3, -0.25) is 4.79 Å². The molecule has 0 atom stereocenters. The van der Waals surface area contributed by atoms with Crippen LogP contribution in [-0.4, -0.2) is 20.0 Å². The first-order valence-electron chi connectivity index (χ1n) is 6.71. The number of ether oxygens (including phenoxy) is 2. The van der Waals surface area contributed by atoms with Crippen molar-refractivity contribution in [3.8, 4) is 22.6 Å². The summed E-state index contributed by atoms with van der Waals surface area (Å²) in [7, 11) is 1.57. The van der Waals surface area contributed by atoms with E-state index in [2.05, 4.69) is 6.07 Å². The zero-order chi connectivity index (χ0) is 13.9. The molecule has 1 aliphatic heterocycles. The first kappa shape index (κ1) is 12.7. The highest BCUT2D eigenvalue weighted by molar-refractivity contribution is 5.83. The maximum atomic E-state index is 11.1. The lowest BCUT2D eigenvalue weighted by atomic mass is 9.98. The summed E-state index contributed by atoms with van der Waals surface area (Å²) in [4.78, 5) is 11.1. The summed E-state index contributed by atoms with van der Waals surface area (Å²) in [6.45, 7) is 0.796. The fraction of sp³-hybridized carbons (Fsp3) is 0.235. The standard InChI is InChI=1S/C17H16O3/c1-19-16-6-4-13(10-15(16)11-18)12-5-7-17-14(9-12)3-2-8-20-17/h4-7,9-11H,2-3,8H2,1H3. The molecule has 1 heterocycles. The predicted molar refractivity (Wildman–Crippen MR) is 77.6 cm³/mol. The molecule has 0 bridgehead atoms. The molecule has 0 saturated heterocycles. The quantitative estimate of drug-likeness (QED) is 0.799. The first-order chi connectivity index (χ1) is 9.81. The van der Waals surface area contributed by atoms with Crippen molar-refractivity contribution in [2.24, 2.45) is 0 Å². The van der Waals surface area contributed by atoms with Crippen LogP contribution in [0.15, 0.2) is 36.4 Å². The maximum absolute atomic E-state index is 11.1. The minimum absolute atomic E-state index is 0.568. The predicted octanol–water partition coefficient (Wildman–Crippen LogP) is 3.50. The highest BCUT2D eigenvalue weighted by Gasteiger charge is 2.12. The summed E-state index contributed by atoms with van der Waals surface area (Å²) in [6.07, 6.45) is 2.92. The summed E-state index contributed by atoms with van der Waals surface area (Å²) < 4.78 is 10.8. The Labute approximate surface area is 118 Å². The fourth-order valence-electron chi connectivity index (χ4n) is 2.55. The summed E-state index contributed by atoms with van der Waals surface area (Å²) in [6, 6.07) is 11.8. The Morgan fingerprint density at radius 1 is 1.15 bits per heavy atom. The third kappa shape index (κ3) is 2.27. The molecule has 0 N–H and O–H groups in total. The normalized spacial score (nSPS) is 13.2. The number of benzene rings is 2. The molecule has 2 aromatic rings. The van der Waals surface area contributed by atoms with Crippen molar-refractivity contribution in [1.29, 1.82) is 0 Å². The number of aryl methyl sites for hydroxylation is 1. The van der Waals surface area contributed by atoms with Gasteiger partial charge in [0, 0.05) is 0 Å². The molecule has 0 amide bonds. The number of carbonyl (C=O) groups is 1. The van der Waals surface area contributed by atoms with Crippen molar-refractivity contribution in [3.05, 3.63) is 47.5 Å². The number of methoxy groups -OCH3 is 1. The molecule has 0 fully saturated rings. The van der Waals surface area contributed by atoms with Gasteiger partial charge in [0.05, 0.1) is 19.3 Å². The lowest BCUT2D eigenvalue weighted by molar-refractivity contribution is 0.112. The van der Waals surface area contributed by atoms with E-state index in [-0.39, 0.29) is 0 Å². The molecule has 0 spiro atoms. The van der Waals surface area contributed by atoms with Crippen LogP contribution in [0.5, 0.6) is 11.5 Å². The van der Waals surface area contributed by atoms with Gasteiger partial charge >= 0.3 is 0 Å². The van der Waals surface area contributed by atoms with Gasteiger partial charge in [0.1, 0.15) is 11.5 Å². The zero-order valence-corrected chi connectivity index (χ0v) is 11.4. The van der Waals surface area contributed by atoms with Gasteiger partial charge in [0.15, 0.2) is 6.29 Å². The van der Waals surface area contributed by atoms with Crippen LogP contribution in [0.4, 0.5) is 0 Å². The van der Waals surface area contributed by atoms with Gasteiger partial charge in [-0.2, -0.15) is 0 Å². The van der Waals surface area contributed by atoms with Gasteiger partial charge < -0.3 is 9.47 Å². The van der Waals surface area contributed by atoms with Crippen LogP contribution >= 0.6 is 0 Å². The van der Waals surface area contributed by atoms with Gasteiger partial charge in [-0.05, 0) is 53.8 Å². The lowest BCUT2D eigenvalue weighted by Gasteiger charge is -2.18. The highest BCUT2D eigenvalue weighted by atomic mass is 16.5. The van der Waals surface area contributed by atoms with Crippen molar-refractivity contribution in [2.75, 3.05) is 13.7 Å². The third-order valence-corrected chi connectivity index (χ3v) is 3.60. The van der Waals surface area contributed by atoms with Crippen LogP contribution < -0.4 is 9.47 Å². The lowest BCUT2D eigenvalue weighted by Crippen LogP contribution is -2.08. The summed E-state index contributed by atoms with van der Waals surface area (Å²) >= 11 is 0. The van der Waals surface area contributed by atoms with Gasteiger partial charge in [0.2, 0.25) is 0 Å². The monoisotopic (exact) mass is 268 g/mol. The molecule has 3 heteroatoms. The smallest absolute Gasteiger partial charge is 0.153 e. The Morgan fingerprint density at radius 3 is 2.75 bits per heavy atom. The van der Waals surface area contributed by atoms with Crippen LogP contribution in [0.1, 0.15) is 22.3 Å². The van der Waals surface area contributed by atoms with Crippen LogP contribution in [0.3, 0.4) is 0 Å². The van der Waals surface area contributed by atoms with Crippen LogP contribution in [0.25, 0.3) is 11.1 Å². The Balaban J connectivity index is 2.02. The van der Waals surface area contributed by atoms with Crippen LogP contribution in [0, 0.1) is 0 Å². The van der Waals surface area contributed by atoms with Crippen LogP contribution in [0.2, 0.25) is 0 Å². The average Bonchev–Trinajstić information content (AvgIpc) is 2.53. The fourth-order valence-corrected chi connectivity index (χ4v) is 2.55. The Kier molecular flexibility index (Phi) is 3.42. The second-order valence-electron chi connectivity index (χ2n) is 4.85. The van der Waals surface area contributed by atoms with E-state index < -0.39 is 0 Å². The van der Waals surface area contributed by atoms with E-state index in [1.807, 2.05) is 30.3 Å². The molecule has 3 nitrogen and oxygen atoms in total.